The van der Waals surface area contributed by atoms with Crippen LogP contribution in [0.15, 0.2) is 36.5 Å². The molecule has 1 aromatic carbocycles. The van der Waals surface area contributed by atoms with Gasteiger partial charge < -0.3 is 4.74 Å². The Labute approximate surface area is 158 Å². The number of benzene rings is 1. The fourth-order valence-electron chi connectivity index (χ4n) is 2.91. The lowest BCUT2D eigenvalue weighted by Gasteiger charge is -2.09. The lowest BCUT2D eigenvalue weighted by atomic mass is 10.1. The van der Waals surface area contributed by atoms with E-state index in [1.807, 2.05) is 32.9 Å². The molecule has 0 fully saturated rings. The van der Waals surface area contributed by atoms with Gasteiger partial charge in [0, 0.05) is 17.3 Å². The van der Waals surface area contributed by atoms with Crippen molar-refractivity contribution in [1.29, 1.82) is 0 Å². The molecule has 0 saturated heterocycles. The van der Waals surface area contributed by atoms with Gasteiger partial charge in [0.25, 0.3) is 0 Å². The van der Waals surface area contributed by atoms with E-state index < -0.39 is 5.97 Å². The molecule has 6 heteroatoms. The zero-order chi connectivity index (χ0) is 19.6. The Kier molecular flexibility index (Phi) is 5.35. The maximum atomic E-state index is 12.6. The molecule has 0 bridgehead atoms. The third-order valence-electron chi connectivity index (χ3n) is 4.42. The Bertz CT molecular complexity index is 988. The van der Waals surface area contributed by atoms with Crippen LogP contribution in [0.5, 0.6) is 0 Å². The summed E-state index contributed by atoms with van der Waals surface area (Å²) in [5.41, 5.74) is 3.39. The summed E-state index contributed by atoms with van der Waals surface area (Å²) in [4.78, 5) is 29.4. The number of Topliss-reactive ketones (excluding diaryl/α,β-unsaturated/α-hetero) is 1. The number of carbonyl (C=O) groups excluding carboxylic acids is 2. The van der Waals surface area contributed by atoms with Crippen LogP contribution in [0.2, 0.25) is 0 Å². The van der Waals surface area contributed by atoms with Gasteiger partial charge in [-0.3, -0.25) is 4.79 Å². The average molecular weight is 365 g/mol. The first-order chi connectivity index (χ1) is 12.9. The second-order valence-corrected chi connectivity index (χ2v) is 6.78. The smallest absolute Gasteiger partial charge is 0.339 e. The number of ether oxygens (including phenoxy) is 1. The molecule has 0 aliphatic rings. The molecular formula is C21H23N3O3. The lowest BCUT2D eigenvalue weighted by Crippen LogP contribution is -2.15. The number of ketones is 1. The van der Waals surface area contributed by atoms with Gasteiger partial charge in [-0.1, -0.05) is 31.2 Å². The molecule has 140 valence electrons. The van der Waals surface area contributed by atoms with Crippen LogP contribution in [0.3, 0.4) is 0 Å². The molecule has 2 aromatic heterocycles. The number of hydrogen-bond acceptors (Lipinski definition) is 5. The highest BCUT2D eigenvalue weighted by Gasteiger charge is 2.19. The normalized spacial score (nSPS) is 11.1. The molecule has 27 heavy (non-hydrogen) atoms. The van der Waals surface area contributed by atoms with Gasteiger partial charge in [0.1, 0.15) is 0 Å². The molecule has 6 nitrogen and oxygen atoms in total. The Balaban J connectivity index is 1.78. The van der Waals surface area contributed by atoms with E-state index in [-0.39, 0.29) is 18.4 Å². The summed E-state index contributed by atoms with van der Waals surface area (Å²) in [5.74, 6) is -0.779. The molecule has 3 rings (SSSR count). The summed E-state index contributed by atoms with van der Waals surface area (Å²) in [6.45, 7) is 7.56. The van der Waals surface area contributed by atoms with Crippen molar-refractivity contribution in [1.82, 2.24) is 14.8 Å². The summed E-state index contributed by atoms with van der Waals surface area (Å²) in [6.07, 6.45) is 2.52. The number of hydrogen-bond donors (Lipinski definition) is 0. The standard InChI is InChI=1S/C21H23N3O3/c1-5-15-6-8-16(9-7-15)19(25)12-27-21(26)17-10-14(4)23-20-18(17)11-22-24(20)13(2)3/h6-11,13H,5,12H2,1-4H3. The number of esters is 1. The summed E-state index contributed by atoms with van der Waals surface area (Å²) in [6, 6.07) is 9.12. The van der Waals surface area contributed by atoms with Crippen LogP contribution >= 0.6 is 0 Å². The van der Waals surface area contributed by atoms with Gasteiger partial charge in [0.05, 0.1) is 17.1 Å². The minimum absolute atomic E-state index is 0.119. The summed E-state index contributed by atoms with van der Waals surface area (Å²) >= 11 is 0. The number of nitrogens with zero attached hydrogens (tertiary/aromatic N) is 3. The predicted molar refractivity (Wildman–Crippen MR) is 103 cm³/mol. The Morgan fingerprint density at radius 2 is 1.89 bits per heavy atom. The minimum Gasteiger partial charge on any atom is -0.454 e. The second-order valence-electron chi connectivity index (χ2n) is 6.78. The van der Waals surface area contributed by atoms with E-state index in [0.29, 0.717) is 27.9 Å². The average Bonchev–Trinajstić information content (AvgIpc) is 3.09. The highest BCUT2D eigenvalue weighted by molar-refractivity contribution is 6.04. The first kappa shape index (κ1) is 18.8. The van der Waals surface area contributed by atoms with E-state index in [1.165, 1.54) is 0 Å². The third kappa shape index (κ3) is 3.89. The van der Waals surface area contributed by atoms with Crippen LogP contribution in [-0.2, 0) is 11.2 Å². The molecule has 0 atom stereocenters. The van der Waals surface area contributed by atoms with E-state index in [1.54, 1.807) is 29.1 Å². The van der Waals surface area contributed by atoms with Crippen LogP contribution in [-0.4, -0.2) is 33.1 Å². The van der Waals surface area contributed by atoms with Crippen molar-refractivity contribution in [3.63, 3.8) is 0 Å². The van der Waals surface area contributed by atoms with E-state index in [9.17, 15) is 9.59 Å². The Morgan fingerprint density at radius 1 is 1.19 bits per heavy atom. The molecule has 2 heterocycles. The van der Waals surface area contributed by atoms with Crippen LogP contribution in [0.1, 0.15) is 58.8 Å². The van der Waals surface area contributed by atoms with E-state index in [4.69, 9.17) is 4.74 Å². The molecule has 0 aliphatic carbocycles. The molecule has 0 radical (unpaired) electrons. The fraction of sp³-hybridized carbons (Fsp3) is 0.333. The zero-order valence-electron chi connectivity index (χ0n) is 16.0. The van der Waals surface area contributed by atoms with Gasteiger partial charge in [-0.15, -0.1) is 0 Å². The first-order valence-corrected chi connectivity index (χ1v) is 9.04. The van der Waals surface area contributed by atoms with Crippen molar-refractivity contribution in [2.45, 2.75) is 40.2 Å². The van der Waals surface area contributed by atoms with Gasteiger partial charge in [-0.2, -0.15) is 5.10 Å². The summed E-state index contributed by atoms with van der Waals surface area (Å²) < 4.78 is 7.04. The maximum absolute atomic E-state index is 12.6. The van der Waals surface area contributed by atoms with E-state index >= 15 is 0 Å². The lowest BCUT2D eigenvalue weighted by molar-refractivity contribution is 0.0476. The summed E-state index contributed by atoms with van der Waals surface area (Å²) in [7, 11) is 0. The van der Waals surface area contributed by atoms with Crippen LogP contribution in [0, 0.1) is 6.92 Å². The van der Waals surface area contributed by atoms with Crippen molar-refractivity contribution in [2.75, 3.05) is 6.61 Å². The monoisotopic (exact) mass is 365 g/mol. The number of aromatic nitrogens is 3. The first-order valence-electron chi connectivity index (χ1n) is 9.04. The number of fused-ring (bicyclic) bond motifs is 1. The van der Waals surface area contributed by atoms with Crippen LogP contribution in [0.25, 0.3) is 11.0 Å². The molecule has 0 aliphatic heterocycles. The predicted octanol–water partition coefficient (Wildman–Crippen LogP) is 3.92. The minimum atomic E-state index is -0.549. The molecule has 0 unspecified atom stereocenters. The molecule has 0 N–H and O–H groups in total. The molecule has 0 spiro atoms. The molecule has 0 amide bonds. The van der Waals surface area contributed by atoms with Crippen LogP contribution < -0.4 is 0 Å². The van der Waals surface area contributed by atoms with Crippen molar-refractivity contribution in [2.24, 2.45) is 0 Å². The van der Waals surface area contributed by atoms with Crippen molar-refractivity contribution in [3.8, 4) is 0 Å². The van der Waals surface area contributed by atoms with E-state index in [0.717, 1.165) is 12.0 Å². The molecule has 0 saturated carbocycles. The third-order valence-corrected chi connectivity index (χ3v) is 4.42. The SMILES string of the molecule is CCc1ccc(C(=O)COC(=O)c2cc(C)nc3c2cnn3C(C)C)cc1. The number of rotatable bonds is 6. The zero-order valence-corrected chi connectivity index (χ0v) is 16.0. The largest absolute Gasteiger partial charge is 0.454 e. The van der Waals surface area contributed by atoms with Gasteiger partial charge in [0.15, 0.2) is 18.0 Å². The number of aryl methyl sites for hydroxylation is 2. The molecule has 3 aromatic rings. The quantitative estimate of drug-likeness (QED) is 0.489. The van der Waals surface area contributed by atoms with Gasteiger partial charge >= 0.3 is 5.97 Å². The maximum Gasteiger partial charge on any atom is 0.339 e. The number of carbonyl (C=O) groups is 2. The van der Waals surface area contributed by atoms with Crippen molar-refractivity contribution >= 4 is 22.8 Å². The Morgan fingerprint density at radius 3 is 2.52 bits per heavy atom. The van der Waals surface area contributed by atoms with Crippen molar-refractivity contribution in [3.05, 3.63) is 58.9 Å². The molecular weight excluding hydrogens is 342 g/mol. The topological polar surface area (TPSA) is 74.1 Å². The van der Waals surface area contributed by atoms with Crippen LogP contribution in [0.4, 0.5) is 0 Å². The number of pyridine rings is 1. The highest BCUT2D eigenvalue weighted by atomic mass is 16.5. The Hall–Kier alpha value is -3.02. The van der Waals surface area contributed by atoms with Crippen molar-refractivity contribution < 1.29 is 14.3 Å². The second kappa shape index (κ2) is 7.70. The van der Waals surface area contributed by atoms with Gasteiger partial charge in [-0.25, -0.2) is 14.5 Å². The summed E-state index contributed by atoms with van der Waals surface area (Å²) in [5, 5.41) is 4.94. The van der Waals surface area contributed by atoms with Gasteiger partial charge in [0.2, 0.25) is 0 Å². The fourth-order valence-corrected chi connectivity index (χ4v) is 2.91. The van der Waals surface area contributed by atoms with E-state index in [2.05, 4.69) is 17.0 Å². The van der Waals surface area contributed by atoms with Gasteiger partial charge in [-0.05, 0) is 38.8 Å². The highest BCUT2D eigenvalue weighted by Crippen LogP contribution is 2.21.